The van der Waals surface area contributed by atoms with Gasteiger partial charge in [0.25, 0.3) is 0 Å². The Hall–Kier alpha value is -3.67. The maximum Gasteiger partial charge on any atom is 0.224 e. The van der Waals surface area contributed by atoms with E-state index in [2.05, 4.69) is 22.4 Å². The smallest absolute Gasteiger partial charge is 0.224 e. The number of amides is 1. The molecule has 0 aliphatic carbocycles. The third-order valence-electron chi connectivity index (χ3n) is 5.07. The van der Waals surface area contributed by atoms with Crippen molar-refractivity contribution in [1.29, 1.82) is 0 Å². The first kappa shape index (κ1) is 19.6. The molecule has 0 saturated heterocycles. The van der Waals surface area contributed by atoms with E-state index in [4.69, 9.17) is 9.84 Å². The molecule has 1 N–H and O–H groups in total. The predicted octanol–water partition coefficient (Wildman–Crippen LogP) is 3.62. The minimum absolute atomic E-state index is 0.0631. The van der Waals surface area contributed by atoms with Gasteiger partial charge in [-0.05, 0) is 41.8 Å². The zero-order valence-electron chi connectivity index (χ0n) is 17.1. The summed E-state index contributed by atoms with van der Waals surface area (Å²) in [5.41, 5.74) is 3.65. The summed E-state index contributed by atoms with van der Waals surface area (Å²) in [5, 5.41) is 8.83. The molecular weight excluding hydrogens is 376 g/mol. The summed E-state index contributed by atoms with van der Waals surface area (Å²) in [4.78, 5) is 17.4. The molecule has 152 valence electrons. The average molecular weight is 400 g/mol. The molecule has 0 spiro atoms. The Morgan fingerprint density at radius 3 is 2.67 bits per heavy atom. The maximum atomic E-state index is 12.9. The van der Waals surface area contributed by atoms with E-state index in [1.54, 1.807) is 18.0 Å². The van der Waals surface area contributed by atoms with Gasteiger partial charge in [-0.1, -0.05) is 42.5 Å². The number of benzene rings is 2. The van der Waals surface area contributed by atoms with Gasteiger partial charge in [0.2, 0.25) is 5.91 Å². The number of carbonyl (C=O) groups is 1. The lowest BCUT2D eigenvalue weighted by Crippen LogP contribution is -2.31. The van der Waals surface area contributed by atoms with Crippen molar-refractivity contribution >= 4 is 16.9 Å². The molecule has 0 saturated carbocycles. The van der Waals surface area contributed by atoms with E-state index in [9.17, 15) is 4.79 Å². The Bertz CT molecular complexity index is 1150. The van der Waals surface area contributed by atoms with Crippen LogP contribution in [0.15, 0.2) is 72.9 Å². The molecule has 4 rings (SSSR count). The van der Waals surface area contributed by atoms with E-state index < -0.39 is 0 Å². The normalized spacial score (nSPS) is 11.9. The molecule has 6 heteroatoms. The lowest BCUT2D eigenvalue weighted by molar-refractivity contribution is -0.121. The van der Waals surface area contributed by atoms with Crippen LogP contribution >= 0.6 is 0 Å². The molecule has 0 bridgehead atoms. The highest BCUT2D eigenvalue weighted by Gasteiger charge is 2.22. The molecule has 6 nitrogen and oxygen atoms in total. The zero-order valence-corrected chi connectivity index (χ0v) is 17.1. The van der Waals surface area contributed by atoms with E-state index in [0.717, 1.165) is 33.6 Å². The molecule has 0 aliphatic heterocycles. The van der Waals surface area contributed by atoms with E-state index in [-0.39, 0.29) is 18.4 Å². The Morgan fingerprint density at radius 1 is 1.07 bits per heavy atom. The van der Waals surface area contributed by atoms with Gasteiger partial charge in [-0.2, -0.15) is 5.10 Å². The van der Waals surface area contributed by atoms with Crippen LogP contribution in [0.25, 0.3) is 11.0 Å². The Balaban J connectivity index is 1.62. The highest BCUT2D eigenvalue weighted by atomic mass is 16.5. The van der Waals surface area contributed by atoms with Gasteiger partial charge < -0.3 is 10.1 Å². The fourth-order valence-corrected chi connectivity index (χ4v) is 3.65. The highest BCUT2D eigenvalue weighted by molar-refractivity contribution is 5.82. The van der Waals surface area contributed by atoms with Gasteiger partial charge in [-0.15, -0.1) is 0 Å². The van der Waals surface area contributed by atoms with Gasteiger partial charge in [-0.3, -0.25) is 9.48 Å². The molecule has 0 fully saturated rings. The molecule has 1 atom stereocenters. The number of hydrogen-bond donors (Lipinski definition) is 1. The first-order chi connectivity index (χ1) is 14.6. The van der Waals surface area contributed by atoms with E-state index in [1.165, 1.54) is 0 Å². The van der Waals surface area contributed by atoms with Crippen molar-refractivity contribution in [2.75, 3.05) is 7.11 Å². The lowest BCUT2D eigenvalue weighted by atomic mass is 10.0. The van der Waals surface area contributed by atoms with Crippen molar-refractivity contribution in [2.24, 2.45) is 7.05 Å². The number of fused-ring (bicyclic) bond motifs is 1. The van der Waals surface area contributed by atoms with Crippen molar-refractivity contribution in [3.05, 3.63) is 89.7 Å². The molecule has 1 unspecified atom stereocenters. The van der Waals surface area contributed by atoms with Crippen LogP contribution in [0.2, 0.25) is 0 Å². The minimum Gasteiger partial charge on any atom is -0.497 e. The van der Waals surface area contributed by atoms with Crippen LogP contribution in [0.1, 0.15) is 22.9 Å². The van der Waals surface area contributed by atoms with E-state index >= 15 is 0 Å². The molecule has 1 amide bonds. The van der Waals surface area contributed by atoms with Crippen molar-refractivity contribution in [3.8, 4) is 5.75 Å². The molecule has 2 heterocycles. The minimum atomic E-state index is -0.265. The van der Waals surface area contributed by atoms with Crippen molar-refractivity contribution in [3.63, 3.8) is 0 Å². The number of aromatic nitrogens is 3. The summed E-state index contributed by atoms with van der Waals surface area (Å²) >= 11 is 0. The first-order valence-electron chi connectivity index (χ1n) is 9.88. The van der Waals surface area contributed by atoms with Gasteiger partial charge in [0.1, 0.15) is 5.75 Å². The monoisotopic (exact) mass is 400 g/mol. The van der Waals surface area contributed by atoms with Gasteiger partial charge in [0.05, 0.1) is 25.3 Å². The molecule has 2 aromatic heterocycles. The summed E-state index contributed by atoms with van der Waals surface area (Å²) in [6.45, 7) is 0. The zero-order chi connectivity index (χ0) is 20.9. The number of aryl methyl sites for hydroxylation is 1. The fraction of sp³-hybridized carbons (Fsp3) is 0.208. The number of nitrogens with zero attached hydrogens (tertiary/aromatic N) is 3. The van der Waals surface area contributed by atoms with Gasteiger partial charge >= 0.3 is 0 Å². The number of pyridine rings is 1. The van der Waals surface area contributed by atoms with Crippen molar-refractivity contribution in [1.82, 2.24) is 20.1 Å². The SMILES string of the molecule is COc1cccc(CC(=O)NC(Cc2ccccc2)c2nn(C)c3ncccc23)c1. The van der Waals surface area contributed by atoms with Crippen LogP contribution in [0.3, 0.4) is 0 Å². The van der Waals surface area contributed by atoms with Crippen molar-refractivity contribution < 1.29 is 9.53 Å². The Labute approximate surface area is 175 Å². The van der Waals surface area contributed by atoms with Crippen LogP contribution in [0.4, 0.5) is 0 Å². The third kappa shape index (κ3) is 4.33. The summed E-state index contributed by atoms with van der Waals surface area (Å²) < 4.78 is 7.03. The molecular formula is C24H24N4O2. The largest absolute Gasteiger partial charge is 0.497 e. The second-order valence-corrected chi connectivity index (χ2v) is 7.22. The second kappa shape index (κ2) is 8.78. The van der Waals surface area contributed by atoms with E-state index in [0.29, 0.717) is 6.42 Å². The molecule has 2 aromatic carbocycles. The average Bonchev–Trinajstić information content (AvgIpc) is 3.11. The molecule has 0 aliphatic rings. The highest BCUT2D eigenvalue weighted by Crippen LogP contribution is 2.25. The van der Waals surface area contributed by atoms with Crippen LogP contribution < -0.4 is 10.1 Å². The quantitative estimate of drug-likeness (QED) is 0.514. The van der Waals surface area contributed by atoms with Crippen LogP contribution in [0, 0.1) is 0 Å². The summed E-state index contributed by atoms with van der Waals surface area (Å²) in [7, 11) is 3.49. The van der Waals surface area contributed by atoms with Gasteiger partial charge in [0.15, 0.2) is 5.65 Å². The van der Waals surface area contributed by atoms with E-state index in [1.807, 2.05) is 61.6 Å². The first-order valence-corrected chi connectivity index (χ1v) is 9.88. The molecule has 4 aromatic rings. The number of rotatable bonds is 7. The van der Waals surface area contributed by atoms with Crippen LogP contribution in [-0.2, 0) is 24.7 Å². The number of methoxy groups -OCH3 is 1. The van der Waals surface area contributed by atoms with Gasteiger partial charge in [0, 0.05) is 18.6 Å². The molecule has 0 radical (unpaired) electrons. The Kier molecular flexibility index (Phi) is 5.75. The van der Waals surface area contributed by atoms with Crippen LogP contribution in [-0.4, -0.2) is 27.8 Å². The summed E-state index contributed by atoms with van der Waals surface area (Å²) in [5.74, 6) is 0.676. The number of nitrogens with one attached hydrogen (secondary N) is 1. The number of hydrogen-bond acceptors (Lipinski definition) is 4. The third-order valence-corrected chi connectivity index (χ3v) is 5.07. The topological polar surface area (TPSA) is 69.0 Å². The Morgan fingerprint density at radius 2 is 1.87 bits per heavy atom. The lowest BCUT2D eigenvalue weighted by Gasteiger charge is -2.18. The predicted molar refractivity (Wildman–Crippen MR) is 116 cm³/mol. The number of carbonyl (C=O) groups excluding carboxylic acids is 1. The standard InChI is InChI=1S/C24H24N4O2/c1-28-24-20(12-7-13-25-24)23(27-28)21(15-17-8-4-3-5-9-17)26-22(29)16-18-10-6-11-19(14-18)30-2/h3-14,21H,15-16H2,1-2H3,(H,26,29). The fourth-order valence-electron chi connectivity index (χ4n) is 3.65. The van der Waals surface area contributed by atoms with Gasteiger partial charge in [-0.25, -0.2) is 4.98 Å². The molecule has 30 heavy (non-hydrogen) atoms. The number of ether oxygens (including phenoxy) is 1. The summed E-state index contributed by atoms with van der Waals surface area (Å²) in [6.07, 6.45) is 2.67. The summed E-state index contributed by atoms with van der Waals surface area (Å²) in [6, 6.07) is 21.3. The van der Waals surface area contributed by atoms with Crippen LogP contribution in [0.5, 0.6) is 5.75 Å². The second-order valence-electron chi connectivity index (χ2n) is 7.22. The van der Waals surface area contributed by atoms with Crippen molar-refractivity contribution in [2.45, 2.75) is 18.9 Å². The maximum absolute atomic E-state index is 12.9.